The fraction of sp³-hybridized carbons (Fsp3) is 0.667. The molecule has 122 valence electrons. The van der Waals surface area contributed by atoms with Gasteiger partial charge in [-0.3, -0.25) is 0 Å². The van der Waals surface area contributed by atoms with Crippen molar-refractivity contribution in [1.82, 2.24) is 0 Å². The molecule has 0 saturated heterocycles. The van der Waals surface area contributed by atoms with Gasteiger partial charge in [-0.05, 0) is 68.9 Å². The summed E-state index contributed by atoms with van der Waals surface area (Å²) in [5.74, 6) is -0.882. The molecule has 0 N–H and O–H groups in total. The zero-order valence-electron chi connectivity index (χ0n) is 13.1. The predicted octanol–water partition coefficient (Wildman–Crippen LogP) is 4.82. The highest BCUT2D eigenvalue weighted by atomic mass is 19.2. The first-order chi connectivity index (χ1) is 10.7. The Bertz CT molecular complexity index is 506. The van der Waals surface area contributed by atoms with Gasteiger partial charge >= 0.3 is 0 Å². The lowest BCUT2D eigenvalue weighted by molar-refractivity contribution is 0.0707. The van der Waals surface area contributed by atoms with Crippen molar-refractivity contribution in [2.24, 2.45) is 5.92 Å². The SMILES string of the molecule is CCOc1ccc(C2CCC(COC3CC3)CC2)c(F)c1F. The Morgan fingerprint density at radius 3 is 2.36 bits per heavy atom. The maximum absolute atomic E-state index is 14.2. The normalized spacial score (nSPS) is 25.2. The summed E-state index contributed by atoms with van der Waals surface area (Å²) < 4.78 is 39.1. The first kappa shape index (κ1) is 15.7. The molecule has 0 aromatic heterocycles. The maximum atomic E-state index is 14.2. The molecule has 2 aliphatic rings. The van der Waals surface area contributed by atoms with Gasteiger partial charge in [0.15, 0.2) is 11.6 Å². The summed E-state index contributed by atoms with van der Waals surface area (Å²) in [6, 6.07) is 3.24. The summed E-state index contributed by atoms with van der Waals surface area (Å²) in [5.41, 5.74) is 0.502. The van der Waals surface area contributed by atoms with E-state index in [1.165, 1.54) is 12.8 Å². The van der Waals surface area contributed by atoms with Crippen LogP contribution in [0, 0.1) is 17.6 Å². The van der Waals surface area contributed by atoms with Crippen molar-refractivity contribution < 1.29 is 18.3 Å². The van der Waals surface area contributed by atoms with Crippen LogP contribution in [0.2, 0.25) is 0 Å². The van der Waals surface area contributed by atoms with Crippen LogP contribution in [-0.2, 0) is 4.74 Å². The third-order valence-corrected chi connectivity index (χ3v) is 4.76. The molecule has 0 aliphatic heterocycles. The van der Waals surface area contributed by atoms with Crippen molar-refractivity contribution in [3.8, 4) is 5.75 Å². The molecule has 0 unspecified atom stereocenters. The van der Waals surface area contributed by atoms with Crippen LogP contribution in [0.3, 0.4) is 0 Å². The number of ether oxygens (including phenoxy) is 2. The third-order valence-electron chi connectivity index (χ3n) is 4.76. The van der Waals surface area contributed by atoms with Crippen LogP contribution in [-0.4, -0.2) is 19.3 Å². The van der Waals surface area contributed by atoms with E-state index >= 15 is 0 Å². The van der Waals surface area contributed by atoms with Crippen molar-refractivity contribution in [1.29, 1.82) is 0 Å². The standard InChI is InChI=1S/C18H24F2O2/c1-2-21-16-10-9-15(17(19)18(16)20)13-5-3-12(4-6-13)11-22-14-7-8-14/h9-10,12-14H,2-8,11H2,1H3. The second-order valence-corrected chi connectivity index (χ2v) is 6.46. The number of hydrogen-bond acceptors (Lipinski definition) is 2. The summed E-state index contributed by atoms with van der Waals surface area (Å²) in [6.45, 7) is 2.93. The van der Waals surface area contributed by atoms with E-state index in [0.717, 1.165) is 32.3 Å². The minimum atomic E-state index is -0.849. The Kier molecular flexibility index (Phi) is 4.97. The van der Waals surface area contributed by atoms with Gasteiger partial charge in [0.1, 0.15) is 0 Å². The number of rotatable bonds is 6. The molecule has 0 heterocycles. The number of benzene rings is 1. The van der Waals surface area contributed by atoms with E-state index in [1.807, 2.05) is 0 Å². The molecule has 2 saturated carbocycles. The van der Waals surface area contributed by atoms with Gasteiger partial charge in [0, 0.05) is 6.61 Å². The van der Waals surface area contributed by atoms with E-state index in [9.17, 15) is 8.78 Å². The Labute approximate surface area is 130 Å². The monoisotopic (exact) mass is 310 g/mol. The molecule has 3 rings (SSSR count). The Balaban J connectivity index is 1.59. The van der Waals surface area contributed by atoms with Crippen LogP contribution in [0.1, 0.15) is 56.9 Å². The molecule has 2 fully saturated rings. The molecule has 0 radical (unpaired) electrons. The lowest BCUT2D eigenvalue weighted by Crippen LogP contribution is -2.19. The average Bonchev–Trinajstić information content (AvgIpc) is 3.35. The lowest BCUT2D eigenvalue weighted by Gasteiger charge is -2.29. The Hall–Kier alpha value is -1.16. The van der Waals surface area contributed by atoms with Crippen LogP contribution in [0.4, 0.5) is 8.78 Å². The zero-order valence-corrected chi connectivity index (χ0v) is 13.1. The number of halogens is 2. The van der Waals surface area contributed by atoms with Gasteiger partial charge in [0.05, 0.1) is 12.7 Å². The fourth-order valence-corrected chi connectivity index (χ4v) is 3.28. The summed E-state index contributed by atoms with van der Waals surface area (Å²) in [6.07, 6.45) is 6.77. The third kappa shape index (κ3) is 3.60. The summed E-state index contributed by atoms with van der Waals surface area (Å²) in [5, 5.41) is 0. The lowest BCUT2D eigenvalue weighted by atomic mass is 9.79. The van der Waals surface area contributed by atoms with Crippen molar-refractivity contribution in [3.05, 3.63) is 29.3 Å². The van der Waals surface area contributed by atoms with E-state index < -0.39 is 11.6 Å². The summed E-state index contributed by atoms with van der Waals surface area (Å²) in [4.78, 5) is 0. The van der Waals surface area contributed by atoms with Crippen molar-refractivity contribution >= 4 is 0 Å². The van der Waals surface area contributed by atoms with Crippen molar-refractivity contribution in [3.63, 3.8) is 0 Å². The van der Waals surface area contributed by atoms with Gasteiger partial charge in [0.2, 0.25) is 5.82 Å². The molecular weight excluding hydrogens is 286 g/mol. The molecule has 0 bridgehead atoms. The second-order valence-electron chi connectivity index (χ2n) is 6.46. The van der Waals surface area contributed by atoms with E-state index in [-0.39, 0.29) is 11.7 Å². The van der Waals surface area contributed by atoms with E-state index in [2.05, 4.69) is 0 Å². The van der Waals surface area contributed by atoms with Gasteiger partial charge in [-0.2, -0.15) is 4.39 Å². The Morgan fingerprint density at radius 1 is 1.00 bits per heavy atom. The van der Waals surface area contributed by atoms with Gasteiger partial charge < -0.3 is 9.47 Å². The summed E-state index contributed by atoms with van der Waals surface area (Å²) in [7, 11) is 0. The van der Waals surface area contributed by atoms with Crippen LogP contribution < -0.4 is 4.74 Å². The second kappa shape index (κ2) is 6.95. The van der Waals surface area contributed by atoms with Crippen molar-refractivity contribution in [2.45, 2.75) is 57.5 Å². The maximum Gasteiger partial charge on any atom is 0.200 e. The van der Waals surface area contributed by atoms with Crippen LogP contribution in [0.5, 0.6) is 5.75 Å². The molecule has 2 nitrogen and oxygen atoms in total. The van der Waals surface area contributed by atoms with Gasteiger partial charge in [-0.25, -0.2) is 4.39 Å². The van der Waals surface area contributed by atoms with Crippen LogP contribution in [0.25, 0.3) is 0 Å². The predicted molar refractivity (Wildman–Crippen MR) is 81.2 cm³/mol. The average molecular weight is 310 g/mol. The van der Waals surface area contributed by atoms with Gasteiger partial charge in [-0.1, -0.05) is 6.07 Å². The van der Waals surface area contributed by atoms with E-state index in [1.54, 1.807) is 19.1 Å². The molecular formula is C18H24F2O2. The van der Waals surface area contributed by atoms with Crippen LogP contribution in [0.15, 0.2) is 12.1 Å². The molecule has 0 atom stereocenters. The first-order valence-electron chi connectivity index (χ1n) is 8.41. The fourth-order valence-electron chi connectivity index (χ4n) is 3.28. The Morgan fingerprint density at radius 2 is 1.73 bits per heavy atom. The van der Waals surface area contributed by atoms with Crippen molar-refractivity contribution in [2.75, 3.05) is 13.2 Å². The minimum Gasteiger partial charge on any atom is -0.491 e. The molecule has 2 aliphatic carbocycles. The summed E-state index contributed by atoms with van der Waals surface area (Å²) >= 11 is 0. The molecule has 4 heteroatoms. The molecule has 1 aromatic rings. The zero-order chi connectivity index (χ0) is 15.5. The topological polar surface area (TPSA) is 18.5 Å². The molecule has 0 spiro atoms. The minimum absolute atomic E-state index is 0.00951. The highest BCUT2D eigenvalue weighted by Crippen LogP contribution is 2.39. The molecule has 22 heavy (non-hydrogen) atoms. The highest BCUT2D eigenvalue weighted by molar-refractivity contribution is 5.33. The van der Waals surface area contributed by atoms with Gasteiger partial charge in [-0.15, -0.1) is 0 Å². The highest BCUT2D eigenvalue weighted by Gasteiger charge is 2.28. The quantitative estimate of drug-likeness (QED) is 0.750. The van der Waals surface area contributed by atoms with E-state index in [0.29, 0.717) is 24.2 Å². The molecule has 1 aromatic carbocycles. The van der Waals surface area contributed by atoms with Crippen LogP contribution >= 0.6 is 0 Å². The largest absolute Gasteiger partial charge is 0.491 e. The first-order valence-corrected chi connectivity index (χ1v) is 8.41. The molecule has 0 amide bonds. The van der Waals surface area contributed by atoms with E-state index in [4.69, 9.17) is 9.47 Å². The van der Waals surface area contributed by atoms with Gasteiger partial charge in [0.25, 0.3) is 0 Å². The number of hydrogen-bond donors (Lipinski definition) is 0. The smallest absolute Gasteiger partial charge is 0.200 e.